The van der Waals surface area contributed by atoms with E-state index in [-0.39, 0.29) is 11.9 Å². The summed E-state index contributed by atoms with van der Waals surface area (Å²) in [5.74, 6) is 0.752. The summed E-state index contributed by atoms with van der Waals surface area (Å²) >= 11 is 0. The first-order chi connectivity index (χ1) is 11.9. The van der Waals surface area contributed by atoms with E-state index in [9.17, 15) is 4.79 Å². The summed E-state index contributed by atoms with van der Waals surface area (Å²) in [7, 11) is 0. The average molecular weight is 334 g/mol. The Morgan fingerprint density at radius 3 is 2.60 bits per heavy atom. The van der Waals surface area contributed by atoms with Gasteiger partial charge in [-0.15, -0.1) is 0 Å². The molecule has 0 radical (unpaired) electrons. The predicted octanol–water partition coefficient (Wildman–Crippen LogP) is 3.89. The van der Waals surface area contributed by atoms with Crippen molar-refractivity contribution in [3.8, 4) is 11.3 Å². The van der Waals surface area contributed by atoms with E-state index in [1.54, 1.807) is 6.20 Å². The fraction of sp³-hybridized carbons (Fsp3) is 0.250. The van der Waals surface area contributed by atoms with Crippen molar-refractivity contribution in [3.05, 3.63) is 70.9 Å². The zero-order valence-corrected chi connectivity index (χ0v) is 14.9. The van der Waals surface area contributed by atoms with Crippen LogP contribution in [0.4, 0.5) is 0 Å². The fourth-order valence-corrected chi connectivity index (χ4v) is 2.80. The van der Waals surface area contributed by atoms with Gasteiger partial charge in [0.15, 0.2) is 0 Å². The van der Waals surface area contributed by atoms with Crippen LogP contribution >= 0.6 is 0 Å². The minimum absolute atomic E-state index is 0.111. The van der Waals surface area contributed by atoms with E-state index in [1.165, 1.54) is 0 Å². The molecule has 0 aliphatic rings. The molecule has 2 aromatic heterocycles. The van der Waals surface area contributed by atoms with Gasteiger partial charge in [-0.05, 0) is 51.5 Å². The van der Waals surface area contributed by atoms with Gasteiger partial charge in [0, 0.05) is 28.7 Å². The molecule has 0 aliphatic heterocycles. The second-order valence-electron chi connectivity index (χ2n) is 6.30. The van der Waals surface area contributed by atoms with Gasteiger partial charge in [0.1, 0.15) is 5.82 Å². The highest BCUT2D eigenvalue weighted by atomic mass is 16.1. The quantitative estimate of drug-likeness (QED) is 0.760. The molecular weight excluding hydrogens is 312 g/mol. The third-order valence-electron chi connectivity index (χ3n) is 4.18. The highest BCUT2D eigenvalue weighted by Gasteiger charge is 2.14. The number of carbonyl (C=O) groups excluding carboxylic acids is 1. The lowest BCUT2D eigenvalue weighted by Crippen LogP contribution is -2.26. The number of rotatable bonds is 4. The van der Waals surface area contributed by atoms with Crippen LogP contribution in [0, 0.1) is 20.8 Å². The first-order valence-electron chi connectivity index (χ1n) is 8.31. The zero-order chi connectivity index (χ0) is 18.0. The summed E-state index contributed by atoms with van der Waals surface area (Å²) in [6.07, 6.45) is 1.80. The normalized spacial score (nSPS) is 12.0. The van der Waals surface area contributed by atoms with Crippen LogP contribution in [0.25, 0.3) is 11.3 Å². The first kappa shape index (κ1) is 16.9. The van der Waals surface area contributed by atoms with Gasteiger partial charge in [0.2, 0.25) is 0 Å². The van der Waals surface area contributed by atoms with Gasteiger partial charge in [-0.3, -0.25) is 9.78 Å². The van der Waals surface area contributed by atoms with Crippen molar-refractivity contribution in [1.29, 1.82) is 0 Å². The Hall–Kier alpha value is -2.95. The average Bonchev–Trinajstić information content (AvgIpc) is 2.94. The van der Waals surface area contributed by atoms with E-state index in [2.05, 4.69) is 20.3 Å². The van der Waals surface area contributed by atoms with Crippen LogP contribution in [-0.4, -0.2) is 20.9 Å². The number of nitrogens with one attached hydrogen (secondary N) is 2. The van der Waals surface area contributed by atoms with Crippen LogP contribution in [0.2, 0.25) is 0 Å². The molecule has 0 bridgehead atoms. The van der Waals surface area contributed by atoms with Crippen molar-refractivity contribution in [2.24, 2.45) is 0 Å². The van der Waals surface area contributed by atoms with E-state index in [0.29, 0.717) is 5.56 Å². The first-order valence-corrected chi connectivity index (χ1v) is 8.31. The Bertz CT molecular complexity index is 896. The number of aromatic nitrogens is 3. The number of amides is 1. The lowest BCUT2D eigenvalue weighted by atomic mass is 10.1. The third kappa shape index (κ3) is 3.76. The molecule has 3 rings (SSSR count). The van der Waals surface area contributed by atoms with Gasteiger partial charge in [-0.2, -0.15) is 0 Å². The molecule has 0 aliphatic carbocycles. The molecule has 0 spiro atoms. The molecule has 5 heteroatoms. The van der Waals surface area contributed by atoms with Crippen molar-refractivity contribution in [3.63, 3.8) is 0 Å². The van der Waals surface area contributed by atoms with Crippen LogP contribution < -0.4 is 5.32 Å². The topological polar surface area (TPSA) is 70.7 Å². The molecule has 0 saturated heterocycles. The highest BCUT2D eigenvalue weighted by Crippen LogP contribution is 2.22. The minimum atomic E-state index is -0.112. The van der Waals surface area contributed by atoms with Crippen LogP contribution in [0.5, 0.6) is 0 Å². The van der Waals surface area contributed by atoms with Crippen molar-refractivity contribution in [2.45, 2.75) is 33.7 Å². The summed E-state index contributed by atoms with van der Waals surface area (Å²) in [5, 5.41) is 3.02. The molecule has 1 amide bonds. The number of benzene rings is 1. The number of aromatic amines is 1. The van der Waals surface area contributed by atoms with E-state index in [1.807, 2.05) is 64.1 Å². The molecule has 1 aromatic carbocycles. The van der Waals surface area contributed by atoms with Crippen molar-refractivity contribution in [1.82, 2.24) is 20.3 Å². The Balaban J connectivity index is 1.79. The number of pyridine rings is 1. The molecule has 2 heterocycles. The highest BCUT2D eigenvalue weighted by molar-refractivity contribution is 5.95. The summed E-state index contributed by atoms with van der Waals surface area (Å²) in [4.78, 5) is 24.6. The van der Waals surface area contributed by atoms with Gasteiger partial charge in [0.25, 0.3) is 5.91 Å². The number of imidazole rings is 1. The summed E-state index contributed by atoms with van der Waals surface area (Å²) in [6, 6.07) is 11.4. The molecule has 2 N–H and O–H groups in total. The summed E-state index contributed by atoms with van der Waals surface area (Å²) in [5.41, 5.74) is 5.36. The Morgan fingerprint density at radius 1 is 1.16 bits per heavy atom. The number of hydrogen-bond donors (Lipinski definition) is 2. The second kappa shape index (κ2) is 6.89. The largest absolute Gasteiger partial charge is 0.346 e. The monoisotopic (exact) mass is 334 g/mol. The smallest absolute Gasteiger partial charge is 0.251 e. The number of H-pyrrole nitrogens is 1. The minimum Gasteiger partial charge on any atom is -0.346 e. The SMILES string of the molecule is Cc1ccc(C(C)NC(=O)c2cccc(-c3nc(C)[nH]c3C)c2)cn1. The molecular formula is C20H22N4O. The molecule has 3 aromatic rings. The molecule has 5 nitrogen and oxygen atoms in total. The molecule has 1 atom stereocenters. The standard InChI is InChI=1S/C20H22N4O/c1-12-8-9-18(11-21-12)13(2)23-20(25)17-7-5-6-16(10-17)19-14(3)22-15(4)24-19/h5-11,13H,1-4H3,(H,22,24)(H,23,25). The molecule has 128 valence electrons. The van der Waals surface area contributed by atoms with E-state index in [4.69, 9.17) is 0 Å². The van der Waals surface area contributed by atoms with Gasteiger partial charge in [-0.25, -0.2) is 4.98 Å². The van der Waals surface area contributed by atoms with Crippen LogP contribution in [0.15, 0.2) is 42.6 Å². The molecule has 0 saturated carbocycles. The predicted molar refractivity (Wildman–Crippen MR) is 98.4 cm³/mol. The number of nitrogens with zero attached hydrogens (tertiary/aromatic N) is 2. The fourth-order valence-electron chi connectivity index (χ4n) is 2.80. The third-order valence-corrected chi connectivity index (χ3v) is 4.18. The number of carbonyl (C=O) groups is 1. The number of hydrogen-bond acceptors (Lipinski definition) is 3. The molecule has 1 unspecified atom stereocenters. The van der Waals surface area contributed by atoms with Crippen LogP contribution in [-0.2, 0) is 0 Å². The lowest BCUT2D eigenvalue weighted by molar-refractivity contribution is 0.0940. The van der Waals surface area contributed by atoms with Crippen molar-refractivity contribution < 1.29 is 4.79 Å². The maximum Gasteiger partial charge on any atom is 0.251 e. The Kier molecular flexibility index (Phi) is 4.65. The van der Waals surface area contributed by atoms with Gasteiger partial charge in [-0.1, -0.05) is 18.2 Å². The molecule has 25 heavy (non-hydrogen) atoms. The lowest BCUT2D eigenvalue weighted by Gasteiger charge is -2.14. The number of aryl methyl sites for hydroxylation is 3. The second-order valence-corrected chi connectivity index (χ2v) is 6.30. The van der Waals surface area contributed by atoms with Crippen molar-refractivity contribution >= 4 is 5.91 Å². The Labute approximate surface area is 147 Å². The zero-order valence-electron chi connectivity index (χ0n) is 14.9. The van der Waals surface area contributed by atoms with Crippen LogP contribution in [0.1, 0.15) is 46.1 Å². The summed E-state index contributed by atoms with van der Waals surface area (Å²) < 4.78 is 0. The maximum absolute atomic E-state index is 12.6. The van der Waals surface area contributed by atoms with Gasteiger partial charge < -0.3 is 10.3 Å². The van der Waals surface area contributed by atoms with Gasteiger partial charge in [0.05, 0.1) is 11.7 Å². The maximum atomic E-state index is 12.6. The molecule has 0 fully saturated rings. The summed E-state index contributed by atoms with van der Waals surface area (Å²) in [6.45, 7) is 7.80. The van der Waals surface area contributed by atoms with E-state index < -0.39 is 0 Å². The van der Waals surface area contributed by atoms with E-state index in [0.717, 1.165) is 34.0 Å². The van der Waals surface area contributed by atoms with E-state index >= 15 is 0 Å². The van der Waals surface area contributed by atoms with Crippen molar-refractivity contribution in [2.75, 3.05) is 0 Å². The van der Waals surface area contributed by atoms with Gasteiger partial charge >= 0.3 is 0 Å². The van der Waals surface area contributed by atoms with Crippen LogP contribution in [0.3, 0.4) is 0 Å². The Morgan fingerprint density at radius 2 is 1.96 bits per heavy atom.